The van der Waals surface area contributed by atoms with Crippen molar-refractivity contribution in [3.63, 3.8) is 0 Å². The van der Waals surface area contributed by atoms with Crippen molar-refractivity contribution < 1.29 is 19.4 Å². The van der Waals surface area contributed by atoms with E-state index in [-0.39, 0.29) is 19.2 Å². The number of aliphatic hydroxyl groups is 1. The van der Waals surface area contributed by atoms with Crippen LogP contribution in [0, 0.1) is 0 Å². The third-order valence-corrected chi connectivity index (χ3v) is 6.31. The van der Waals surface area contributed by atoms with Gasteiger partial charge in [0.25, 0.3) is 0 Å². The van der Waals surface area contributed by atoms with Crippen molar-refractivity contribution in [2.75, 3.05) is 19.8 Å². The first-order valence-electron chi connectivity index (χ1n) is 15.9. The van der Waals surface area contributed by atoms with E-state index in [1.807, 2.05) is 0 Å². The second-order valence-electron chi connectivity index (χ2n) is 10.1. The summed E-state index contributed by atoms with van der Waals surface area (Å²) in [6.07, 6.45) is 41.1. The largest absolute Gasteiger partial charge is 0.457 e. The Hall–Kier alpha value is -1.91. The molecule has 1 atom stereocenters. The van der Waals surface area contributed by atoms with E-state index in [4.69, 9.17) is 9.47 Å². The Kier molecular flexibility index (Phi) is 30.7. The smallest absolute Gasteiger partial charge is 0.306 e. The van der Waals surface area contributed by atoms with Gasteiger partial charge in [-0.1, -0.05) is 113 Å². The van der Waals surface area contributed by atoms with E-state index in [0.29, 0.717) is 13.0 Å². The van der Waals surface area contributed by atoms with Crippen molar-refractivity contribution in [3.8, 4) is 0 Å². The van der Waals surface area contributed by atoms with Crippen LogP contribution in [0.3, 0.4) is 0 Å². The monoisotopic (exact) mass is 544 g/mol. The lowest BCUT2D eigenvalue weighted by molar-refractivity contribution is -0.154. The third-order valence-electron chi connectivity index (χ3n) is 6.31. The molecule has 0 aromatic rings. The fraction of sp³-hybridized carbons (Fsp3) is 0.686. The summed E-state index contributed by atoms with van der Waals surface area (Å²) in [5.41, 5.74) is 0. The summed E-state index contributed by atoms with van der Waals surface area (Å²) in [5, 5.41) is 9.50. The van der Waals surface area contributed by atoms with Crippen LogP contribution in [0.4, 0.5) is 0 Å². The number of ether oxygens (including phenoxy) is 2. The van der Waals surface area contributed by atoms with Crippen LogP contribution in [0.15, 0.2) is 60.8 Å². The van der Waals surface area contributed by atoms with Crippen LogP contribution in [-0.2, 0) is 14.3 Å². The summed E-state index contributed by atoms with van der Waals surface area (Å²) in [7, 11) is 0. The average molecular weight is 545 g/mol. The van der Waals surface area contributed by atoms with Gasteiger partial charge < -0.3 is 14.6 Å². The molecule has 0 saturated carbocycles. The van der Waals surface area contributed by atoms with Gasteiger partial charge in [0.2, 0.25) is 0 Å². The Balaban J connectivity index is 3.56. The molecule has 0 aliphatic rings. The standard InChI is InChI=1S/C35H60O4/c1-3-5-7-9-11-13-15-17-19-21-23-25-27-29-31-38-33-34(32-36)39-35(37)30-28-26-24-22-20-18-16-14-12-10-8-6-4-2/h6-9,12-15,18,20,34,36H,3-5,10-11,16-17,19,21-33H2,1-2H3/b8-6-,9-7-,14-12-,15-13-,20-18-. The van der Waals surface area contributed by atoms with Gasteiger partial charge in [-0.3, -0.25) is 4.79 Å². The minimum atomic E-state index is -0.554. The van der Waals surface area contributed by atoms with Crippen LogP contribution in [0.2, 0.25) is 0 Å². The summed E-state index contributed by atoms with van der Waals surface area (Å²) >= 11 is 0. The van der Waals surface area contributed by atoms with Gasteiger partial charge in [-0.2, -0.15) is 0 Å². The van der Waals surface area contributed by atoms with Crippen molar-refractivity contribution in [2.24, 2.45) is 0 Å². The maximum Gasteiger partial charge on any atom is 0.306 e. The summed E-state index contributed by atoms with van der Waals surface area (Å²) in [6.45, 7) is 5.09. The van der Waals surface area contributed by atoms with E-state index in [2.05, 4.69) is 74.6 Å². The SMILES string of the molecule is CC/C=C\C/C=C\C/C=C\CCCCCC(=O)OC(CO)COCCCCCCCC/C=C\C/C=C\CCC. The van der Waals surface area contributed by atoms with Crippen LogP contribution in [-0.4, -0.2) is 37.0 Å². The number of unbranched alkanes of at least 4 members (excludes halogenated alkanes) is 10. The predicted molar refractivity (Wildman–Crippen MR) is 168 cm³/mol. The number of hydrogen-bond acceptors (Lipinski definition) is 4. The zero-order chi connectivity index (χ0) is 28.5. The fourth-order valence-corrected chi connectivity index (χ4v) is 3.97. The Morgan fingerprint density at radius 1 is 0.641 bits per heavy atom. The van der Waals surface area contributed by atoms with Gasteiger partial charge in [-0.15, -0.1) is 0 Å². The van der Waals surface area contributed by atoms with E-state index >= 15 is 0 Å². The predicted octanol–water partition coefficient (Wildman–Crippen LogP) is 9.75. The molecule has 0 rings (SSSR count). The molecule has 0 spiro atoms. The van der Waals surface area contributed by atoms with Gasteiger partial charge in [0, 0.05) is 13.0 Å². The zero-order valence-electron chi connectivity index (χ0n) is 25.4. The molecular weight excluding hydrogens is 484 g/mol. The number of allylic oxidation sites excluding steroid dienone is 10. The van der Waals surface area contributed by atoms with Crippen LogP contribution < -0.4 is 0 Å². The Bertz CT molecular complexity index is 660. The lowest BCUT2D eigenvalue weighted by atomic mass is 10.1. The zero-order valence-corrected chi connectivity index (χ0v) is 25.4. The van der Waals surface area contributed by atoms with Crippen molar-refractivity contribution in [2.45, 2.75) is 136 Å². The van der Waals surface area contributed by atoms with Gasteiger partial charge in [0.15, 0.2) is 0 Å². The number of aliphatic hydroxyl groups excluding tert-OH is 1. The van der Waals surface area contributed by atoms with Gasteiger partial charge in [-0.05, 0) is 70.6 Å². The van der Waals surface area contributed by atoms with E-state index in [9.17, 15) is 9.90 Å². The minimum absolute atomic E-state index is 0.191. The Morgan fingerprint density at radius 2 is 1.15 bits per heavy atom. The average Bonchev–Trinajstić information content (AvgIpc) is 2.94. The molecule has 0 bridgehead atoms. The maximum absolute atomic E-state index is 12.1. The van der Waals surface area contributed by atoms with Crippen LogP contribution in [0.5, 0.6) is 0 Å². The van der Waals surface area contributed by atoms with Gasteiger partial charge in [-0.25, -0.2) is 0 Å². The van der Waals surface area contributed by atoms with Crippen molar-refractivity contribution >= 4 is 5.97 Å². The molecule has 0 saturated heterocycles. The first kappa shape index (κ1) is 37.1. The number of hydrogen-bond donors (Lipinski definition) is 1. The molecule has 0 fully saturated rings. The van der Waals surface area contributed by atoms with Crippen molar-refractivity contribution in [3.05, 3.63) is 60.8 Å². The highest BCUT2D eigenvalue weighted by Crippen LogP contribution is 2.09. The molecule has 0 amide bonds. The lowest BCUT2D eigenvalue weighted by Crippen LogP contribution is -2.27. The summed E-state index contributed by atoms with van der Waals surface area (Å²) in [4.78, 5) is 12.1. The molecule has 224 valence electrons. The van der Waals surface area contributed by atoms with Crippen molar-refractivity contribution in [1.82, 2.24) is 0 Å². The number of carbonyl (C=O) groups is 1. The summed E-state index contributed by atoms with van der Waals surface area (Å²) in [5.74, 6) is -0.238. The summed E-state index contributed by atoms with van der Waals surface area (Å²) in [6, 6.07) is 0. The van der Waals surface area contributed by atoms with E-state index < -0.39 is 6.10 Å². The van der Waals surface area contributed by atoms with Gasteiger partial charge in [0.1, 0.15) is 6.10 Å². The third kappa shape index (κ3) is 30.5. The molecule has 0 aromatic heterocycles. The molecule has 1 N–H and O–H groups in total. The quantitative estimate of drug-likeness (QED) is 0.0605. The number of esters is 1. The second kappa shape index (κ2) is 32.3. The number of rotatable bonds is 28. The first-order valence-corrected chi connectivity index (χ1v) is 15.9. The molecule has 39 heavy (non-hydrogen) atoms. The highest BCUT2D eigenvalue weighted by atomic mass is 16.6. The minimum Gasteiger partial charge on any atom is -0.457 e. The summed E-state index contributed by atoms with van der Waals surface area (Å²) < 4.78 is 11.0. The molecule has 0 aromatic carbocycles. The van der Waals surface area contributed by atoms with Gasteiger partial charge in [0.05, 0.1) is 13.2 Å². The molecule has 0 radical (unpaired) electrons. The van der Waals surface area contributed by atoms with E-state index in [1.165, 1.54) is 44.9 Å². The molecule has 4 nitrogen and oxygen atoms in total. The van der Waals surface area contributed by atoms with Crippen molar-refractivity contribution in [1.29, 1.82) is 0 Å². The Morgan fingerprint density at radius 3 is 1.74 bits per heavy atom. The molecular formula is C35H60O4. The molecule has 1 unspecified atom stereocenters. The molecule has 4 heteroatoms. The Labute approximate surface area is 241 Å². The topological polar surface area (TPSA) is 55.8 Å². The number of carbonyl (C=O) groups excluding carboxylic acids is 1. The van der Waals surface area contributed by atoms with Crippen LogP contribution in [0.1, 0.15) is 129 Å². The van der Waals surface area contributed by atoms with Crippen LogP contribution in [0.25, 0.3) is 0 Å². The van der Waals surface area contributed by atoms with E-state index in [0.717, 1.165) is 64.2 Å². The first-order chi connectivity index (χ1) is 19.2. The fourth-order valence-electron chi connectivity index (χ4n) is 3.97. The normalized spacial score (nSPS) is 13.2. The highest BCUT2D eigenvalue weighted by molar-refractivity contribution is 5.69. The lowest BCUT2D eigenvalue weighted by Gasteiger charge is -2.15. The van der Waals surface area contributed by atoms with Crippen LogP contribution >= 0.6 is 0 Å². The van der Waals surface area contributed by atoms with E-state index in [1.54, 1.807) is 0 Å². The van der Waals surface area contributed by atoms with Gasteiger partial charge >= 0.3 is 5.97 Å². The highest BCUT2D eigenvalue weighted by Gasteiger charge is 2.13. The maximum atomic E-state index is 12.1. The molecule has 0 aliphatic heterocycles. The second-order valence-corrected chi connectivity index (χ2v) is 10.1. The molecule has 0 aliphatic carbocycles. The molecule has 0 heterocycles.